The summed E-state index contributed by atoms with van der Waals surface area (Å²) in [6.45, 7) is 2.82. The van der Waals surface area contributed by atoms with Crippen LogP contribution in [0, 0.1) is 6.92 Å². The Balaban J connectivity index is 1.45. The topological polar surface area (TPSA) is 88.4 Å². The molecule has 2 aromatic carbocycles. The van der Waals surface area contributed by atoms with Gasteiger partial charge < -0.3 is 4.90 Å². The van der Waals surface area contributed by atoms with Gasteiger partial charge in [-0.25, -0.2) is 18.1 Å². The highest BCUT2D eigenvalue weighted by molar-refractivity contribution is 7.89. The number of aryl methyl sites for hydroxylation is 1. The van der Waals surface area contributed by atoms with E-state index >= 15 is 0 Å². The molecule has 3 aromatic rings. The van der Waals surface area contributed by atoms with Crippen molar-refractivity contribution in [2.75, 3.05) is 26.2 Å². The fourth-order valence-electron chi connectivity index (χ4n) is 3.56. The van der Waals surface area contributed by atoms with Crippen LogP contribution >= 0.6 is 23.2 Å². The Morgan fingerprint density at radius 2 is 1.69 bits per heavy atom. The van der Waals surface area contributed by atoms with E-state index in [0.29, 0.717) is 40.3 Å². The van der Waals surface area contributed by atoms with Gasteiger partial charge in [-0.1, -0.05) is 41.4 Å². The first-order valence-corrected chi connectivity index (χ1v) is 12.1. The van der Waals surface area contributed by atoms with Gasteiger partial charge in [-0.2, -0.15) is 9.40 Å². The lowest BCUT2D eigenvalue weighted by Crippen LogP contribution is -2.51. The second-order valence-corrected chi connectivity index (χ2v) is 10.1. The Bertz CT molecular complexity index is 1240. The zero-order chi connectivity index (χ0) is 22.9. The highest BCUT2D eigenvalue weighted by Gasteiger charge is 2.30. The first kappa shape index (κ1) is 22.7. The van der Waals surface area contributed by atoms with Gasteiger partial charge in [-0.05, 0) is 37.3 Å². The highest BCUT2D eigenvalue weighted by Crippen LogP contribution is 2.28. The minimum atomic E-state index is -3.57. The quantitative estimate of drug-likeness (QED) is 0.544. The number of carbonyl (C=O) groups is 1. The lowest BCUT2D eigenvalue weighted by Gasteiger charge is -2.34. The number of hydrogen-bond acceptors (Lipinski definition) is 5. The van der Waals surface area contributed by atoms with Crippen LogP contribution in [0.1, 0.15) is 5.82 Å². The van der Waals surface area contributed by atoms with Crippen molar-refractivity contribution in [1.29, 1.82) is 0 Å². The molecule has 2 heterocycles. The van der Waals surface area contributed by atoms with Gasteiger partial charge in [-0.3, -0.25) is 4.79 Å². The van der Waals surface area contributed by atoms with Crippen LogP contribution in [-0.4, -0.2) is 64.5 Å². The average molecular weight is 494 g/mol. The van der Waals surface area contributed by atoms with E-state index in [0.717, 1.165) is 0 Å². The van der Waals surface area contributed by atoms with E-state index in [1.54, 1.807) is 60.4 Å². The molecule has 11 heteroatoms. The largest absolute Gasteiger partial charge is 0.338 e. The van der Waals surface area contributed by atoms with Gasteiger partial charge in [0, 0.05) is 31.7 Å². The number of rotatable bonds is 5. The molecule has 0 aliphatic carbocycles. The Morgan fingerprint density at radius 1 is 1.00 bits per heavy atom. The van der Waals surface area contributed by atoms with Crippen molar-refractivity contribution in [3.63, 3.8) is 0 Å². The van der Waals surface area contributed by atoms with Gasteiger partial charge in [-0.15, -0.1) is 0 Å². The lowest BCUT2D eigenvalue weighted by atomic mass is 10.2. The zero-order valence-electron chi connectivity index (χ0n) is 17.3. The van der Waals surface area contributed by atoms with Gasteiger partial charge >= 0.3 is 0 Å². The van der Waals surface area contributed by atoms with E-state index in [1.165, 1.54) is 8.99 Å². The maximum Gasteiger partial charge on any atom is 0.244 e. The van der Waals surface area contributed by atoms with E-state index in [4.69, 9.17) is 23.2 Å². The molecule has 4 rings (SSSR count). The van der Waals surface area contributed by atoms with Crippen LogP contribution in [0.5, 0.6) is 0 Å². The zero-order valence-corrected chi connectivity index (χ0v) is 19.6. The van der Waals surface area contributed by atoms with Crippen molar-refractivity contribution in [2.45, 2.75) is 18.4 Å². The first-order chi connectivity index (χ1) is 15.3. The third kappa shape index (κ3) is 4.66. The summed E-state index contributed by atoms with van der Waals surface area (Å²) >= 11 is 12.1. The monoisotopic (exact) mass is 493 g/mol. The van der Waals surface area contributed by atoms with Gasteiger partial charge in [0.2, 0.25) is 15.9 Å². The summed E-state index contributed by atoms with van der Waals surface area (Å²) in [7, 11) is -3.57. The van der Waals surface area contributed by atoms with E-state index < -0.39 is 10.0 Å². The maximum absolute atomic E-state index is 12.9. The van der Waals surface area contributed by atoms with Crippen molar-refractivity contribution in [1.82, 2.24) is 24.0 Å². The number of piperazine rings is 1. The van der Waals surface area contributed by atoms with E-state index in [1.807, 2.05) is 0 Å². The van der Waals surface area contributed by atoms with Crippen molar-refractivity contribution in [3.05, 3.63) is 64.4 Å². The fourth-order valence-corrected chi connectivity index (χ4v) is 5.30. The predicted octanol–water partition coefficient (Wildman–Crippen LogP) is 3.09. The second-order valence-electron chi connectivity index (χ2n) is 7.37. The second kappa shape index (κ2) is 9.19. The Labute approximate surface area is 196 Å². The van der Waals surface area contributed by atoms with Crippen LogP contribution in [0.2, 0.25) is 10.0 Å². The van der Waals surface area contributed by atoms with Crippen LogP contribution in [0.4, 0.5) is 0 Å². The van der Waals surface area contributed by atoms with Crippen molar-refractivity contribution < 1.29 is 13.2 Å². The van der Waals surface area contributed by atoms with Crippen LogP contribution < -0.4 is 0 Å². The summed E-state index contributed by atoms with van der Waals surface area (Å²) in [6.07, 6.45) is 0. The standard InChI is InChI=1S/C21H21Cl2N5O3S/c1-15-24-21(16-7-8-18(22)19(23)13-16)28(25-15)14-20(29)26-9-11-27(12-10-26)32(30,31)17-5-3-2-4-6-17/h2-8,13H,9-12,14H2,1H3. The molecule has 32 heavy (non-hydrogen) atoms. The summed E-state index contributed by atoms with van der Waals surface area (Å²) in [5.41, 5.74) is 0.701. The lowest BCUT2D eigenvalue weighted by molar-refractivity contribution is -0.133. The number of benzene rings is 2. The van der Waals surface area contributed by atoms with Gasteiger partial charge in [0.05, 0.1) is 14.9 Å². The van der Waals surface area contributed by atoms with E-state index in [2.05, 4.69) is 10.1 Å². The Hall–Kier alpha value is -2.46. The fraction of sp³-hybridized carbons (Fsp3) is 0.286. The van der Waals surface area contributed by atoms with Crippen LogP contribution in [-0.2, 0) is 21.4 Å². The molecule has 0 bridgehead atoms. The number of carbonyl (C=O) groups excluding carboxylic acids is 1. The molecular weight excluding hydrogens is 473 g/mol. The molecule has 1 saturated heterocycles. The van der Waals surface area contributed by atoms with E-state index in [9.17, 15) is 13.2 Å². The molecule has 1 amide bonds. The van der Waals surface area contributed by atoms with Gasteiger partial charge in [0.25, 0.3) is 0 Å². The molecule has 0 atom stereocenters. The number of aromatic nitrogens is 3. The molecule has 0 saturated carbocycles. The number of amides is 1. The predicted molar refractivity (Wildman–Crippen MR) is 122 cm³/mol. The normalized spacial score (nSPS) is 15.2. The Kier molecular flexibility index (Phi) is 6.52. The molecule has 0 unspecified atom stereocenters. The summed E-state index contributed by atoms with van der Waals surface area (Å²) in [4.78, 5) is 19.2. The smallest absolute Gasteiger partial charge is 0.244 e. The molecule has 1 aliphatic rings. The third-order valence-corrected chi connectivity index (χ3v) is 7.86. The van der Waals surface area contributed by atoms with Crippen LogP contribution in [0.25, 0.3) is 11.4 Å². The molecule has 1 aromatic heterocycles. The third-order valence-electron chi connectivity index (χ3n) is 5.21. The summed E-state index contributed by atoms with van der Waals surface area (Å²) in [5, 5.41) is 5.16. The SMILES string of the molecule is Cc1nc(-c2ccc(Cl)c(Cl)c2)n(CC(=O)N2CCN(S(=O)(=O)c3ccccc3)CC2)n1. The van der Waals surface area contributed by atoms with Gasteiger partial charge in [0.1, 0.15) is 12.4 Å². The summed E-state index contributed by atoms with van der Waals surface area (Å²) in [6, 6.07) is 13.4. The first-order valence-electron chi connectivity index (χ1n) is 9.95. The molecule has 0 radical (unpaired) electrons. The highest BCUT2D eigenvalue weighted by atomic mass is 35.5. The molecule has 168 valence electrons. The molecule has 0 N–H and O–H groups in total. The molecular formula is C21H21Cl2N5O3S. The summed E-state index contributed by atoms with van der Waals surface area (Å²) in [5.74, 6) is 0.880. The van der Waals surface area contributed by atoms with Crippen molar-refractivity contribution in [2.24, 2.45) is 0 Å². The number of nitrogens with zero attached hydrogens (tertiary/aromatic N) is 5. The Morgan fingerprint density at radius 3 is 2.34 bits per heavy atom. The maximum atomic E-state index is 12.9. The average Bonchev–Trinajstić information content (AvgIpc) is 3.16. The molecule has 1 aliphatic heterocycles. The van der Waals surface area contributed by atoms with E-state index in [-0.39, 0.29) is 30.4 Å². The van der Waals surface area contributed by atoms with Gasteiger partial charge in [0.15, 0.2) is 5.82 Å². The minimum Gasteiger partial charge on any atom is -0.338 e. The minimum absolute atomic E-state index is 0.0120. The summed E-state index contributed by atoms with van der Waals surface area (Å²) < 4.78 is 28.5. The van der Waals surface area contributed by atoms with Crippen LogP contribution in [0.15, 0.2) is 53.4 Å². The van der Waals surface area contributed by atoms with Crippen molar-refractivity contribution >= 4 is 39.1 Å². The molecule has 8 nitrogen and oxygen atoms in total. The molecule has 0 spiro atoms. The number of hydrogen-bond donors (Lipinski definition) is 0. The van der Waals surface area contributed by atoms with Crippen LogP contribution in [0.3, 0.4) is 0 Å². The molecule has 1 fully saturated rings. The number of sulfonamides is 1. The van der Waals surface area contributed by atoms with Crippen molar-refractivity contribution in [3.8, 4) is 11.4 Å². The number of halogens is 2.